The number of benzene rings is 2. The maximum atomic E-state index is 11.9. The van der Waals surface area contributed by atoms with Gasteiger partial charge in [-0.15, -0.1) is 0 Å². The van der Waals surface area contributed by atoms with Crippen LogP contribution in [0.1, 0.15) is 25.3 Å². The van der Waals surface area contributed by atoms with E-state index in [0.29, 0.717) is 17.0 Å². The number of carbonyl (C=O) groups excluding carboxylic acids is 2. The molecule has 4 N–H and O–H groups in total. The van der Waals surface area contributed by atoms with Gasteiger partial charge in [-0.2, -0.15) is 5.10 Å². The molecule has 26 heavy (non-hydrogen) atoms. The average molecular weight is 467 g/mol. The van der Waals surface area contributed by atoms with Crippen LogP contribution >= 0.6 is 22.6 Å². The first-order valence-electron chi connectivity index (χ1n) is 7.76. The molecule has 0 aliphatic heterocycles. The zero-order valence-corrected chi connectivity index (χ0v) is 16.1. The molecule has 8 heteroatoms. The van der Waals surface area contributed by atoms with Crippen LogP contribution in [0.2, 0.25) is 0 Å². The molecule has 136 valence electrons. The van der Waals surface area contributed by atoms with Crippen molar-refractivity contribution in [3.05, 3.63) is 51.6 Å². The van der Waals surface area contributed by atoms with E-state index >= 15 is 0 Å². The normalized spacial score (nSPS) is 11.1. The lowest BCUT2D eigenvalue weighted by Crippen LogP contribution is -2.21. The molecule has 0 heterocycles. The standard InChI is InChI=1S/C18H18IN3O4/c1-11(15-7-6-14(23)10-16(15)24)21-22-18(26)9-8-17(25)20-13-4-2-12(19)3-5-13/h2-7,10,23-24H,8-9H2,1H3,(H,20,25)(H,22,26)/b21-11+. The summed E-state index contributed by atoms with van der Waals surface area (Å²) in [6.45, 7) is 1.61. The smallest absolute Gasteiger partial charge is 0.240 e. The molecule has 2 aromatic carbocycles. The van der Waals surface area contributed by atoms with Gasteiger partial charge in [0, 0.05) is 33.7 Å². The summed E-state index contributed by atoms with van der Waals surface area (Å²) >= 11 is 2.17. The summed E-state index contributed by atoms with van der Waals surface area (Å²) in [5.74, 6) is -0.891. The highest BCUT2D eigenvalue weighted by Gasteiger charge is 2.09. The molecule has 0 fully saturated rings. The lowest BCUT2D eigenvalue weighted by atomic mass is 10.1. The SMILES string of the molecule is C/C(=N\NC(=O)CCC(=O)Nc1ccc(I)cc1)c1ccc(O)cc1O. The van der Waals surface area contributed by atoms with E-state index in [4.69, 9.17) is 0 Å². The van der Waals surface area contributed by atoms with Gasteiger partial charge in [0.25, 0.3) is 0 Å². The highest BCUT2D eigenvalue weighted by molar-refractivity contribution is 14.1. The van der Waals surface area contributed by atoms with Crippen LogP contribution < -0.4 is 10.7 Å². The summed E-state index contributed by atoms with van der Waals surface area (Å²) in [6, 6.07) is 11.4. The zero-order chi connectivity index (χ0) is 19.1. The van der Waals surface area contributed by atoms with E-state index in [1.54, 1.807) is 19.1 Å². The van der Waals surface area contributed by atoms with E-state index < -0.39 is 5.91 Å². The minimum absolute atomic E-state index is 0.0193. The number of anilines is 1. The highest BCUT2D eigenvalue weighted by Crippen LogP contribution is 2.22. The summed E-state index contributed by atoms with van der Waals surface area (Å²) < 4.78 is 1.06. The van der Waals surface area contributed by atoms with Gasteiger partial charge in [-0.05, 0) is 65.9 Å². The molecule has 0 saturated carbocycles. The Labute approximate surface area is 164 Å². The van der Waals surface area contributed by atoms with Crippen LogP contribution in [0.5, 0.6) is 11.5 Å². The van der Waals surface area contributed by atoms with Crippen LogP contribution in [0.4, 0.5) is 5.69 Å². The monoisotopic (exact) mass is 467 g/mol. The maximum Gasteiger partial charge on any atom is 0.240 e. The third-order valence-corrected chi connectivity index (χ3v) is 4.15. The summed E-state index contributed by atoms with van der Waals surface area (Å²) in [5.41, 5.74) is 3.78. The zero-order valence-electron chi connectivity index (χ0n) is 14.0. The lowest BCUT2D eigenvalue weighted by molar-refractivity contribution is -0.124. The van der Waals surface area contributed by atoms with Crippen LogP contribution in [0, 0.1) is 3.57 Å². The van der Waals surface area contributed by atoms with Crippen LogP contribution in [0.15, 0.2) is 47.6 Å². The Hall–Kier alpha value is -2.62. The summed E-state index contributed by atoms with van der Waals surface area (Å²) in [7, 11) is 0. The van der Waals surface area contributed by atoms with E-state index in [1.165, 1.54) is 18.2 Å². The lowest BCUT2D eigenvalue weighted by Gasteiger charge is -2.06. The number of amides is 2. The summed E-state index contributed by atoms with van der Waals surface area (Å²) in [5, 5.41) is 25.6. The first-order chi connectivity index (χ1) is 12.3. The molecule has 0 unspecified atom stereocenters. The predicted octanol–water partition coefficient (Wildman–Crippen LogP) is 2.96. The number of hydrogen-bond donors (Lipinski definition) is 4. The van der Waals surface area contributed by atoms with Crippen molar-refractivity contribution in [2.24, 2.45) is 5.10 Å². The fourth-order valence-electron chi connectivity index (χ4n) is 2.07. The highest BCUT2D eigenvalue weighted by atomic mass is 127. The second-order valence-corrected chi connectivity index (χ2v) is 6.73. The molecular formula is C18H18IN3O4. The quantitative estimate of drug-likeness (QED) is 0.298. The maximum absolute atomic E-state index is 11.9. The van der Waals surface area contributed by atoms with Crippen molar-refractivity contribution in [3.63, 3.8) is 0 Å². The minimum atomic E-state index is -0.416. The van der Waals surface area contributed by atoms with Gasteiger partial charge < -0.3 is 15.5 Å². The number of nitrogens with zero attached hydrogens (tertiary/aromatic N) is 1. The number of aromatic hydroxyl groups is 2. The van der Waals surface area contributed by atoms with Crippen molar-refractivity contribution in [2.45, 2.75) is 19.8 Å². The molecule has 2 amide bonds. The number of nitrogens with one attached hydrogen (secondary N) is 2. The molecule has 0 aromatic heterocycles. The van der Waals surface area contributed by atoms with Crippen LogP contribution in [-0.4, -0.2) is 27.7 Å². The van der Waals surface area contributed by atoms with Gasteiger partial charge in [-0.1, -0.05) is 0 Å². The molecule has 7 nitrogen and oxygen atoms in total. The molecule has 0 radical (unpaired) electrons. The first kappa shape index (κ1) is 19.7. The van der Waals surface area contributed by atoms with Crippen molar-refractivity contribution in [1.29, 1.82) is 0 Å². The van der Waals surface area contributed by atoms with Crippen molar-refractivity contribution < 1.29 is 19.8 Å². The number of phenolic OH excluding ortho intramolecular Hbond substituents is 2. The van der Waals surface area contributed by atoms with Gasteiger partial charge in [0.15, 0.2) is 0 Å². The molecule has 2 rings (SSSR count). The number of rotatable bonds is 6. The largest absolute Gasteiger partial charge is 0.508 e. The predicted molar refractivity (Wildman–Crippen MR) is 107 cm³/mol. The molecule has 0 spiro atoms. The topological polar surface area (TPSA) is 111 Å². The summed E-state index contributed by atoms with van der Waals surface area (Å²) in [4.78, 5) is 23.7. The second-order valence-electron chi connectivity index (χ2n) is 5.49. The van der Waals surface area contributed by atoms with Gasteiger partial charge in [0.2, 0.25) is 11.8 Å². The molecule has 0 bridgehead atoms. The Morgan fingerprint density at radius 1 is 1.04 bits per heavy atom. The Balaban J connectivity index is 1.82. The van der Waals surface area contributed by atoms with Crippen molar-refractivity contribution in [3.8, 4) is 11.5 Å². The number of hydrazone groups is 1. The van der Waals surface area contributed by atoms with E-state index in [-0.39, 0.29) is 30.2 Å². The van der Waals surface area contributed by atoms with E-state index in [0.717, 1.165) is 3.57 Å². The number of hydrogen-bond acceptors (Lipinski definition) is 5. The molecular weight excluding hydrogens is 449 g/mol. The Bertz CT molecular complexity index is 835. The van der Waals surface area contributed by atoms with E-state index in [1.807, 2.05) is 12.1 Å². The molecule has 0 atom stereocenters. The van der Waals surface area contributed by atoms with Gasteiger partial charge in [-0.25, -0.2) is 5.43 Å². The van der Waals surface area contributed by atoms with Gasteiger partial charge in [-0.3, -0.25) is 9.59 Å². The minimum Gasteiger partial charge on any atom is -0.508 e. The second kappa shape index (κ2) is 9.18. The molecule has 0 aliphatic rings. The van der Waals surface area contributed by atoms with Crippen molar-refractivity contribution in [1.82, 2.24) is 5.43 Å². The first-order valence-corrected chi connectivity index (χ1v) is 8.84. The van der Waals surface area contributed by atoms with Gasteiger partial charge in [0.05, 0.1) is 5.71 Å². The summed E-state index contributed by atoms with van der Waals surface area (Å²) in [6.07, 6.45) is 0.00535. The van der Waals surface area contributed by atoms with Crippen LogP contribution in [0.3, 0.4) is 0 Å². The third-order valence-electron chi connectivity index (χ3n) is 3.43. The number of carbonyl (C=O) groups is 2. The van der Waals surface area contributed by atoms with E-state index in [2.05, 4.69) is 38.4 Å². The molecule has 2 aromatic rings. The number of halogens is 1. The Kier molecular flexibility index (Phi) is 6.96. The molecule has 0 saturated heterocycles. The van der Waals surface area contributed by atoms with Gasteiger partial charge in [0.1, 0.15) is 11.5 Å². The van der Waals surface area contributed by atoms with Gasteiger partial charge >= 0.3 is 0 Å². The molecule has 0 aliphatic carbocycles. The number of phenols is 2. The Morgan fingerprint density at radius 2 is 1.69 bits per heavy atom. The van der Waals surface area contributed by atoms with E-state index in [9.17, 15) is 19.8 Å². The van der Waals surface area contributed by atoms with Crippen LogP contribution in [0.25, 0.3) is 0 Å². The van der Waals surface area contributed by atoms with Crippen molar-refractivity contribution in [2.75, 3.05) is 5.32 Å². The third kappa shape index (κ3) is 6.03. The van der Waals surface area contributed by atoms with Crippen LogP contribution in [-0.2, 0) is 9.59 Å². The fraction of sp³-hybridized carbons (Fsp3) is 0.167. The average Bonchev–Trinajstić information content (AvgIpc) is 2.60. The fourth-order valence-corrected chi connectivity index (χ4v) is 2.43. The van der Waals surface area contributed by atoms with Crippen molar-refractivity contribution >= 4 is 45.8 Å². The Morgan fingerprint density at radius 3 is 2.35 bits per heavy atom.